The number of halogens is 1. The molecule has 9 heteroatoms. The van der Waals surface area contributed by atoms with E-state index in [4.69, 9.17) is 4.42 Å². The van der Waals surface area contributed by atoms with Gasteiger partial charge in [-0.1, -0.05) is 6.07 Å². The molecule has 1 saturated heterocycles. The second kappa shape index (κ2) is 6.90. The predicted octanol–water partition coefficient (Wildman–Crippen LogP) is 3.51. The predicted molar refractivity (Wildman–Crippen MR) is 94.7 cm³/mol. The van der Waals surface area contributed by atoms with E-state index in [1.54, 1.807) is 11.3 Å². The molecule has 26 heavy (non-hydrogen) atoms. The molecule has 0 radical (unpaired) electrons. The Balaban J connectivity index is 1.46. The summed E-state index contributed by atoms with van der Waals surface area (Å²) in [5, 5.41) is 12.1. The number of rotatable bonds is 4. The van der Waals surface area contributed by atoms with E-state index < -0.39 is 15.8 Å². The molecule has 1 aliphatic heterocycles. The molecular weight excluding hydrogens is 377 g/mol. The summed E-state index contributed by atoms with van der Waals surface area (Å²) in [5.41, 5.74) is 0.889. The minimum atomic E-state index is -3.69. The van der Waals surface area contributed by atoms with Gasteiger partial charge in [0.05, 0.1) is 4.90 Å². The standard InChI is InChI=1S/C17H16FN3O3S2/c18-14-2-1-3-15(10-14)26(22,23)21-7-4-12(5-8-21)16-19-20-17(24-16)13-6-9-25-11-13/h1-3,6,9-12H,4-5,7-8H2. The van der Waals surface area contributed by atoms with Gasteiger partial charge in [-0.3, -0.25) is 0 Å². The summed E-state index contributed by atoms with van der Waals surface area (Å²) in [7, 11) is -3.69. The average Bonchev–Trinajstić information content (AvgIpc) is 3.33. The van der Waals surface area contributed by atoms with Crippen molar-refractivity contribution in [2.75, 3.05) is 13.1 Å². The highest BCUT2D eigenvalue weighted by atomic mass is 32.2. The fraction of sp³-hybridized carbons (Fsp3) is 0.294. The Hall–Kier alpha value is -2.10. The maximum absolute atomic E-state index is 13.4. The molecule has 1 fully saturated rings. The summed E-state index contributed by atoms with van der Waals surface area (Å²) >= 11 is 1.55. The third kappa shape index (κ3) is 3.29. The Morgan fingerprint density at radius 1 is 1.19 bits per heavy atom. The van der Waals surface area contributed by atoms with Crippen molar-refractivity contribution in [2.45, 2.75) is 23.7 Å². The maximum atomic E-state index is 13.4. The smallest absolute Gasteiger partial charge is 0.248 e. The highest BCUT2D eigenvalue weighted by molar-refractivity contribution is 7.89. The first kappa shape index (κ1) is 17.3. The Labute approximate surface area is 154 Å². The molecule has 0 aliphatic carbocycles. The van der Waals surface area contributed by atoms with Crippen LogP contribution in [-0.2, 0) is 10.0 Å². The van der Waals surface area contributed by atoms with E-state index in [1.807, 2.05) is 16.8 Å². The number of hydrogen-bond donors (Lipinski definition) is 0. The molecule has 0 atom stereocenters. The summed E-state index contributed by atoms with van der Waals surface area (Å²) in [6.07, 6.45) is 1.17. The molecule has 6 nitrogen and oxygen atoms in total. The fourth-order valence-electron chi connectivity index (χ4n) is 3.02. The number of sulfonamides is 1. The van der Waals surface area contributed by atoms with Gasteiger partial charge in [0.2, 0.25) is 21.8 Å². The molecular formula is C17H16FN3O3S2. The van der Waals surface area contributed by atoms with E-state index in [0.29, 0.717) is 37.7 Å². The molecule has 0 saturated carbocycles. The highest BCUT2D eigenvalue weighted by Gasteiger charge is 2.32. The van der Waals surface area contributed by atoms with Gasteiger partial charge in [0.1, 0.15) is 5.82 Å². The molecule has 0 N–H and O–H groups in total. The van der Waals surface area contributed by atoms with Crippen LogP contribution in [0.3, 0.4) is 0 Å². The lowest BCUT2D eigenvalue weighted by molar-refractivity contribution is 0.291. The number of piperidine rings is 1. The van der Waals surface area contributed by atoms with Crippen LogP contribution in [0.15, 0.2) is 50.4 Å². The minimum absolute atomic E-state index is 0.0199. The summed E-state index contributed by atoms with van der Waals surface area (Å²) in [5.74, 6) is 0.478. The lowest BCUT2D eigenvalue weighted by Gasteiger charge is -2.29. The van der Waals surface area contributed by atoms with Gasteiger partial charge in [0.25, 0.3) is 0 Å². The van der Waals surface area contributed by atoms with Crippen molar-refractivity contribution in [3.05, 3.63) is 52.8 Å². The number of aromatic nitrogens is 2. The van der Waals surface area contributed by atoms with Crippen molar-refractivity contribution in [1.82, 2.24) is 14.5 Å². The van der Waals surface area contributed by atoms with Gasteiger partial charge in [0.15, 0.2) is 0 Å². The molecule has 0 spiro atoms. The van der Waals surface area contributed by atoms with Crippen molar-refractivity contribution in [1.29, 1.82) is 0 Å². The normalized spacial score (nSPS) is 16.8. The lowest BCUT2D eigenvalue weighted by atomic mass is 9.98. The molecule has 1 aliphatic rings. The zero-order valence-electron chi connectivity index (χ0n) is 13.7. The van der Waals surface area contributed by atoms with Crippen molar-refractivity contribution in [3.8, 4) is 11.5 Å². The monoisotopic (exact) mass is 393 g/mol. The summed E-state index contributed by atoms with van der Waals surface area (Å²) in [4.78, 5) is -0.0199. The summed E-state index contributed by atoms with van der Waals surface area (Å²) in [6, 6.07) is 7.00. The van der Waals surface area contributed by atoms with Gasteiger partial charge in [-0.05, 0) is 42.5 Å². The first-order chi connectivity index (χ1) is 12.5. The van der Waals surface area contributed by atoms with Gasteiger partial charge in [0, 0.05) is 30.0 Å². The molecule has 0 amide bonds. The van der Waals surface area contributed by atoms with Crippen LogP contribution in [-0.4, -0.2) is 36.0 Å². The molecule has 136 valence electrons. The Kier molecular flexibility index (Phi) is 4.60. The van der Waals surface area contributed by atoms with Crippen LogP contribution >= 0.6 is 11.3 Å². The third-order valence-corrected chi connectivity index (χ3v) is 7.02. The molecule has 4 rings (SSSR count). The molecule has 1 aromatic carbocycles. The van der Waals surface area contributed by atoms with Crippen LogP contribution < -0.4 is 0 Å². The van der Waals surface area contributed by atoms with Crippen LogP contribution in [0.1, 0.15) is 24.7 Å². The van der Waals surface area contributed by atoms with E-state index >= 15 is 0 Å². The Bertz CT molecular complexity index is 994. The molecule has 2 aromatic heterocycles. The van der Waals surface area contributed by atoms with Gasteiger partial charge in [-0.15, -0.1) is 10.2 Å². The quantitative estimate of drug-likeness (QED) is 0.678. The molecule has 3 aromatic rings. The van der Waals surface area contributed by atoms with Crippen molar-refractivity contribution in [2.24, 2.45) is 0 Å². The van der Waals surface area contributed by atoms with Crippen molar-refractivity contribution >= 4 is 21.4 Å². The summed E-state index contributed by atoms with van der Waals surface area (Å²) in [6.45, 7) is 0.666. The van der Waals surface area contributed by atoms with Gasteiger partial charge >= 0.3 is 0 Å². The number of hydrogen-bond acceptors (Lipinski definition) is 6. The van der Waals surface area contributed by atoms with E-state index in [2.05, 4.69) is 10.2 Å². The largest absolute Gasteiger partial charge is 0.420 e. The van der Waals surface area contributed by atoms with Crippen LogP contribution in [0.2, 0.25) is 0 Å². The number of benzene rings is 1. The lowest BCUT2D eigenvalue weighted by Crippen LogP contribution is -2.38. The average molecular weight is 393 g/mol. The van der Waals surface area contributed by atoms with E-state index in [0.717, 1.165) is 11.6 Å². The number of thiophene rings is 1. The topological polar surface area (TPSA) is 76.3 Å². The SMILES string of the molecule is O=S(=O)(c1cccc(F)c1)N1CCC(c2nnc(-c3ccsc3)o2)CC1. The Morgan fingerprint density at radius 3 is 2.69 bits per heavy atom. The summed E-state index contributed by atoms with van der Waals surface area (Å²) < 4.78 is 45.8. The zero-order chi connectivity index (χ0) is 18.1. The minimum Gasteiger partial charge on any atom is -0.420 e. The first-order valence-corrected chi connectivity index (χ1v) is 10.5. The van der Waals surface area contributed by atoms with Gasteiger partial charge in [-0.2, -0.15) is 15.6 Å². The second-order valence-electron chi connectivity index (χ2n) is 6.09. The van der Waals surface area contributed by atoms with Gasteiger partial charge in [-0.25, -0.2) is 12.8 Å². The van der Waals surface area contributed by atoms with Crippen LogP contribution in [0.5, 0.6) is 0 Å². The molecule has 0 bridgehead atoms. The van der Waals surface area contributed by atoms with Gasteiger partial charge < -0.3 is 4.42 Å². The van der Waals surface area contributed by atoms with Crippen LogP contribution in [0.25, 0.3) is 11.5 Å². The van der Waals surface area contributed by atoms with Crippen molar-refractivity contribution < 1.29 is 17.2 Å². The van der Waals surface area contributed by atoms with Crippen molar-refractivity contribution in [3.63, 3.8) is 0 Å². The number of nitrogens with zero attached hydrogens (tertiary/aromatic N) is 3. The second-order valence-corrected chi connectivity index (χ2v) is 8.81. The van der Waals surface area contributed by atoms with E-state index in [-0.39, 0.29) is 10.8 Å². The molecule has 0 unspecified atom stereocenters. The molecule has 3 heterocycles. The Morgan fingerprint density at radius 2 is 2.00 bits per heavy atom. The third-order valence-electron chi connectivity index (χ3n) is 4.45. The highest BCUT2D eigenvalue weighted by Crippen LogP contribution is 2.32. The maximum Gasteiger partial charge on any atom is 0.248 e. The van der Waals surface area contributed by atoms with Crippen LogP contribution in [0.4, 0.5) is 4.39 Å². The van der Waals surface area contributed by atoms with E-state index in [9.17, 15) is 12.8 Å². The first-order valence-electron chi connectivity index (χ1n) is 8.16. The van der Waals surface area contributed by atoms with E-state index in [1.165, 1.54) is 22.5 Å². The fourth-order valence-corrected chi connectivity index (χ4v) is 5.15. The zero-order valence-corrected chi connectivity index (χ0v) is 15.3. The van der Waals surface area contributed by atoms with Crippen LogP contribution in [0, 0.1) is 5.82 Å².